The minimum Gasteiger partial charge on any atom is -0.359 e. The molecule has 0 unspecified atom stereocenters. The van der Waals surface area contributed by atoms with Crippen molar-refractivity contribution in [3.05, 3.63) is 48.3 Å². The summed E-state index contributed by atoms with van der Waals surface area (Å²) in [6.45, 7) is 0. The normalized spacial score (nSPS) is 9.06. The van der Waals surface area contributed by atoms with E-state index in [0.29, 0.717) is 0 Å². The van der Waals surface area contributed by atoms with Crippen molar-refractivity contribution in [2.45, 2.75) is 0 Å². The number of nitriles is 2. The van der Waals surface area contributed by atoms with Crippen LogP contribution in [-0.2, 0) is 0 Å². The van der Waals surface area contributed by atoms with Gasteiger partial charge in [-0.15, -0.1) is 0 Å². The molecule has 1 heterocycles. The molecule has 1 N–H and O–H groups in total. The summed E-state index contributed by atoms with van der Waals surface area (Å²) in [4.78, 5) is 4.22. The number of benzene rings is 1. The number of aromatic nitrogens is 1. The van der Waals surface area contributed by atoms with Crippen LogP contribution in [0.1, 0.15) is 0 Å². The molecule has 0 amide bonds. The van der Waals surface area contributed by atoms with Crippen LogP contribution in [0.3, 0.4) is 0 Å². The van der Waals surface area contributed by atoms with Crippen LogP contribution in [0, 0.1) is 22.7 Å². The molecule has 0 spiro atoms. The lowest BCUT2D eigenvalue weighted by Crippen LogP contribution is -1.91. The Kier molecular flexibility index (Phi) is 3.00. The van der Waals surface area contributed by atoms with Crippen LogP contribution in [0.4, 0.5) is 5.69 Å². The Morgan fingerprint density at radius 2 is 2.00 bits per heavy atom. The Bertz CT molecular complexity index is 638. The predicted octanol–water partition coefficient (Wildman–Crippen LogP) is 2.58. The highest BCUT2D eigenvalue weighted by atomic mass is 14.8. The third-order valence-corrected chi connectivity index (χ3v) is 2.26. The van der Waals surface area contributed by atoms with Gasteiger partial charge in [0, 0.05) is 23.5 Å². The summed E-state index contributed by atoms with van der Waals surface area (Å²) in [5.74, 6) is 0. The van der Waals surface area contributed by atoms with Crippen LogP contribution >= 0.6 is 0 Å². The third kappa shape index (κ3) is 2.22. The SMILES string of the molecule is N#CC(C#N)=CNc1cccc2ncccc12. The Labute approximate surface area is 98.4 Å². The van der Waals surface area contributed by atoms with E-state index in [1.807, 2.05) is 30.3 Å². The van der Waals surface area contributed by atoms with Gasteiger partial charge in [-0.2, -0.15) is 10.5 Å². The maximum Gasteiger partial charge on any atom is 0.145 e. The first-order valence-electron chi connectivity index (χ1n) is 4.96. The van der Waals surface area contributed by atoms with Crippen LogP contribution in [0.5, 0.6) is 0 Å². The highest BCUT2D eigenvalue weighted by Gasteiger charge is 1.99. The zero-order valence-corrected chi connectivity index (χ0v) is 8.88. The first kappa shape index (κ1) is 10.7. The van der Waals surface area contributed by atoms with Gasteiger partial charge in [-0.25, -0.2) is 0 Å². The molecule has 0 aliphatic rings. The Morgan fingerprint density at radius 3 is 2.76 bits per heavy atom. The minimum absolute atomic E-state index is 0.0332. The molecule has 0 bridgehead atoms. The number of hydrogen-bond donors (Lipinski definition) is 1. The van der Waals surface area contributed by atoms with Crippen LogP contribution in [0.25, 0.3) is 10.9 Å². The number of nitrogens with zero attached hydrogens (tertiary/aromatic N) is 3. The first-order valence-corrected chi connectivity index (χ1v) is 4.96. The van der Waals surface area contributed by atoms with Gasteiger partial charge in [0.25, 0.3) is 0 Å². The van der Waals surface area contributed by atoms with Gasteiger partial charge >= 0.3 is 0 Å². The second kappa shape index (κ2) is 4.78. The molecule has 4 heteroatoms. The van der Waals surface area contributed by atoms with Crippen molar-refractivity contribution in [1.29, 1.82) is 10.5 Å². The third-order valence-electron chi connectivity index (χ3n) is 2.26. The van der Waals surface area contributed by atoms with E-state index in [-0.39, 0.29) is 5.57 Å². The molecular formula is C13H8N4. The molecule has 17 heavy (non-hydrogen) atoms. The number of anilines is 1. The second-order valence-corrected chi connectivity index (χ2v) is 3.30. The van der Waals surface area contributed by atoms with Crippen molar-refractivity contribution < 1.29 is 0 Å². The molecule has 1 aromatic carbocycles. The predicted molar refractivity (Wildman–Crippen MR) is 64.7 cm³/mol. The highest BCUT2D eigenvalue weighted by molar-refractivity contribution is 5.91. The number of rotatable bonds is 2. The fraction of sp³-hybridized carbons (Fsp3) is 0. The average molecular weight is 220 g/mol. The summed E-state index contributed by atoms with van der Waals surface area (Å²) in [5.41, 5.74) is 1.71. The fourth-order valence-electron chi connectivity index (χ4n) is 1.47. The van der Waals surface area contributed by atoms with Crippen molar-refractivity contribution in [1.82, 2.24) is 4.98 Å². The summed E-state index contributed by atoms with van der Waals surface area (Å²) in [6.07, 6.45) is 3.11. The Hall–Kier alpha value is -2.85. The quantitative estimate of drug-likeness (QED) is 0.789. The van der Waals surface area contributed by atoms with Crippen LogP contribution in [0.2, 0.25) is 0 Å². The lowest BCUT2D eigenvalue weighted by molar-refractivity contribution is 1.41. The molecule has 80 valence electrons. The summed E-state index contributed by atoms with van der Waals surface area (Å²) < 4.78 is 0. The molecule has 0 aliphatic heterocycles. The molecule has 0 saturated heterocycles. The van der Waals surface area contributed by atoms with E-state index in [1.54, 1.807) is 18.3 Å². The lowest BCUT2D eigenvalue weighted by atomic mass is 10.2. The molecule has 2 aromatic rings. The van der Waals surface area contributed by atoms with E-state index in [0.717, 1.165) is 16.6 Å². The largest absolute Gasteiger partial charge is 0.359 e. The fourth-order valence-corrected chi connectivity index (χ4v) is 1.47. The smallest absolute Gasteiger partial charge is 0.145 e. The van der Waals surface area contributed by atoms with E-state index < -0.39 is 0 Å². The molecule has 0 radical (unpaired) electrons. The second-order valence-electron chi connectivity index (χ2n) is 3.30. The van der Waals surface area contributed by atoms with Crippen molar-refractivity contribution in [3.8, 4) is 12.1 Å². The molecule has 0 fully saturated rings. The molecule has 0 saturated carbocycles. The number of fused-ring (bicyclic) bond motifs is 1. The number of hydrogen-bond acceptors (Lipinski definition) is 4. The van der Waals surface area contributed by atoms with E-state index in [1.165, 1.54) is 6.20 Å². The maximum atomic E-state index is 8.62. The average Bonchev–Trinajstić information content (AvgIpc) is 2.40. The molecule has 0 atom stereocenters. The van der Waals surface area contributed by atoms with Gasteiger partial charge < -0.3 is 5.32 Å². The lowest BCUT2D eigenvalue weighted by Gasteiger charge is -2.04. The van der Waals surface area contributed by atoms with E-state index >= 15 is 0 Å². The number of allylic oxidation sites excluding steroid dienone is 1. The first-order chi connectivity index (χ1) is 8.35. The van der Waals surface area contributed by atoms with Crippen LogP contribution in [0.15, 0.2) is 48.3 Å². The van der Waals surface area contributed by atoms with E-state index in [4.69, 9.17) is 10.5 Å². The molecule has 0 aliphatic carbocycles. The highest BCUT2D eigenvalue weighted by Crippen LogP contribution is 2.21. The standard InChI is InChI=1S/C13H8N4/c14-7-10(8-15)9-17-13-5-1-4-12-11(13)3-2-6-16-12/h1-6,9,17H. The van der Waals surface area contributed by atoms with E-state index in [2.05, 4.69) is 10.3 Å². The van der Waals surface area contributed by atoms with Crippen LogP contribution in [-0.4, -0.2) is 4.98 Å². The number of pyridine rings is 1. The maximum absolute atomic E-state index is 8.62. The molecular weight excluding hydrogens is 212 g/mol. The van der Waals surface area contributed by atoms with Gasteiger partial charge in [-0.05, 0) is 24.3 Å². The molecule has 1 aromatic heterocycles. The zero-order chi connectivity index (χ0) is 12.1. The topological polar surface area (TPSA) is 72.5 Å². The minimum atomic E-state index is 0.0332. The van der Waals surface area contributed by atoms with Gasteiger partial charge in [-0.3, -0.25) is 4.98 Å². The van der Waals surface area contributed by atoms with Gasteiger partial charge in [0.15, 0.2) is 0 Å². The Balaban J connectivity index is 2.41. The molecule has 4 nitrogen and oxygen atoms in total. The van der Waals surface area contributed by atoms with Crippen LogP contribution < -0.4 is 5.32 Å². The summed E-state index contributed by atoms with van der Waals surface area (Å²) in [5, 5.41) is 21.1. The summed E-state index contributed by atoms with van der Waals surface area (Å²) in [7, 11) is 0. The van der Waals surface area contributed by atoms with E-state index in [9.17, 15) is 0 Å². The monoisotopic (exact) mass is 220 g/mol. The van der Waals surface area contributed by atoms with Crippen molar-refractivity contribution >= 4 is 16.6 Å². The van der Waals surface area contributed by atoms with Gasteiger partial charge in [0.1, 0.15) is 17.7 Å². The zero-order valence-electron chi connectivity index (χ0n) is 8.88. The van der Waals surface area contributed by atoms with Gasteiger partial charge in [0.2, 0.25) is 0 Å². The van der Waals surface area contributed by atoms with Crippen molar-refractivity contribution in [2.75, 3.05) is 5.32 Å². The Morgan fingerprint density at radius 1 is 1.18 bits per heavy atom. The number of nitrogens with one attached hydrogen (secondary N) is 1. The molecule has 2 rings (SSSR count). The van der Waals surface area contributed by atoms with Gasteiger partial charge in [0.05, 0.1) is 5.52 Å². The summed E-state index contributed by atoms with van der Waals surface area (Å²) >= 11 is 0. The van der Waals surface area contributed by atoms with Crippen molar-refractivity contribution in [2.24, 2.45) is 0 Å². The van der Waals surface area contributed by atoms with Gasteiger partial charge in [-0.1, -0.05) is 6.07 Å². The summed E-state index contributed by atoms with van der Waals surface area (Å²) in [6, 6.07) is 13.0. The van der Waals surface area contributed by atoms with Crippen molar-refractivity contribution in [3.63, 3.8) is 0 Å².